The van der Waals surface area contributed by atoms with Gasteiger partial charge in [-0.1, -0.05) is 26.2 Å². The molecule has 1 aromatic heterocycles. The van der Waals surface area contributed by atoms with Crippen LogP contribution in [0.25, 0.3) is 0 Å². The van der Waals surface area contributed by atoms with Crippen molar-refractivity contribution < 1.29 is 4.74 Å². The van der Waals surface area contributed by atoms with Gasteiger partial charge < -0.3 is 20.7 Å². The zero-order valence-corrected chi connectivity index (χ0v) is 17.4. The number of thiocarbonyl (C=S) groups is 1. The minimum atomic E-state index is -0.483. The van der Waals surface area contributed by atoms with Crippen molar-refractivity contribution in [2.75, 3.05) is 23.8 Å². The smallest absolute Gasteiger partial charge is 0.330 e. The maximum absolute atomic E-state index is 12.7. The number of hydrogen-bond donors (Lipinski definition) is 3. The summed E-state index contributed by atoms with van der Waals surface area (Å²) in [5, 5.41) is 3.74. The van der Waals surface area contributed by atoms with Crippen LogP contribution in [0.3, 0.4) is 0 Å². The molecular weight excluding hydrogens is 378 g/mol. The van der Waals surface area contributed by atoms with E-state index in [0.717, 1.165) is 58.0 Å². The highest BCUT2D eigenvalue weighted by molar-refractivity contribution is 7.80. The number of nitrogens with one attached hydrogen (secondary N) is 2. The standard InChI is InChI=1S/C19H31N5O3S/c1-2-3-10-23-16(20)15(17(25)22-18(23)26)24(13-7-4-5-8-13)19(28)21-12-14-9-6-11-27-14/h13-14H,2-12,20H2,1H3,(H,21,28)(H,22,25,26)/t14-/m1/s1. The molecule has 2 fully saturated rings. The quantitative estimate of drug-likeness (QED) is 0.589. The van der Waals surface area contributed by atoms with Crippen molar-refractivity contribution in [2.45, 2.75) is 77.0 Å². The molecule has 0 spiro atoms. The molecule has 1 aliphatic carbocycles. The van der Waals surface area contributed by atoms with Gasteiger partial charge in [-0.3, -0.25) is 14.3 Å². The molecule has 2 aliphatic rings. The molecule has 0 amide bonds. The number of nitrogens with two attached hydrogens (primary N) is 1. The minimum absolute atomic E-state index is 0.102. The third kappa shape index (κ3) is 4.57. The molecule has 1 atom stereocenters. The van der Waals surface area contributed by atoms with Gasteiger partial charge in [0.05, 0.1) is 6.10 Å². The van der Waals surface area contributed by atoms with Gasteiger partial charge in [0.15, 0.2) is 10.8 Å². The SMILES string of the molecule is CCCCn1c(N)c(N(C(=S)NC[C@H]2CCCO2)C2CCCC2)c(=O)[nH]c1=O. The average molecular weight is 410 g/mol. The lowest BCUT2D eigenvalue weighted by Crippen LogP contribution is -2.50. The molecule has 0 aromatic carbocycles. The van der Waals surface area contributed by atoms with Gasteiger partial charge in [0.2, 0.25) is 0 Å². The largest absolute Gasteiger partial charge is 0.383 e. The Labute approximate surface area is 170 Å². The Balaban J connectivity index is 1.92. The lowest BCUT2D eigenvalue weighted by atomic mass is 10.2. The van der Waals surface area contributed by atoms with E-state index >= 15 is 0 Å². The summed E-state index contributed by atoms with van der Waals surface area (Å²) in [6.45, 7) is 3.90. The van der Waals surface area contributed by atoms with E-state index in [1.165, 1.54) is 4.57 Å². The molecular formula is C19H31N5O3S. The van der Waals surface area contributed by atoms with Crippen LogP contribution in [-0.4, -0.2) is 40.0 Å². The van der Waals surface area contributed by atoms with E-state index in [4.69, 9.17) is 22.7 Å². The Hall–Kier alpha value is -1.87. The molecule has 1 aromatic rings. The highest BCUT2D eigenvalue weighted by Gasteiger charge is 2.31. The Kier molecular flexibility index (Phi) is 7.12. The second kappa shape index (κ2) is 9.56. The number of anilines is 2. The van der Waals surface area contributed by atoms with Crippen LogP contribution in [-0.2, 0) is 11.3 Å². The molecule has 8 nitrogen and oxygen atoms in total. The number of rotatable bonds is 7. The maximum atomic E-state index is 12.7. The van der Waals surface area contributed by atoms with Gasteiger partial charge in [0.1, 0.15) is 5.82 Å². The number of ether oxygens (including phenoxy) is 1. The van der Waals surface area contributed by atoms with E-state index in [1.54, 1.807) is 0 Å². The van der Waals surface area contributed by atoms with Gasteiger partial charge in [-0.2, -0.15) is 0 Å². The van der Waals surface area contributed by atoms with Crippen molar-refractivity contribution in [1.29, 1.82) is 0 Å². The third-order valence-electron chi connectivity index (χ3n) is 5.60. The fraction of sp³-hybridized carbons (Fsp3) is 0.737. The number of aromatic amines is 1. The van der Waals surface area contributed by atoms with Crippen LogP contribution < -0.4 is 27.2 Å². The number of aromatic nitrogens is 2. The molecule has 28 heavy (non-hydrogen) atoms. The van der Waals surface area contributed by atoms with Crippen LogP contribution in [0.5, 0.6) is 0 Å². The summed E-state index contributed by atoms with van der Waals surface area (Å²) < 4.78 is 7.11. The van der Waals surface area contributed by atoms with Crippen molar-refractivity contribution in [1.82, 2.24) is 14.9 Å². The van der Waals surface area contributed by atoms with E-state index in [9.17, 15) is 9.59 Å². The Morgan fingerprint density at radius 3 is 2.71 bits per heavy atom. The van der Waals surface area contributed by atoms with Crippen LogP contribution >= 0.6 is 12.2 Å². The molecule has 1 aliphatic heterocycles. The Morgan fingerprint density at radius 2 is 2.07 bits per heavy atom. The van der Waals surface area contributed by atoms with Crippen LogP contribution in [0.1, 0.15) is 58.3 Å². The molecule has 0 bridgehead atoms. The second-order valence-corrected chi connectivity index (χ2v) is 8.01. The first-order valence-electron chi connectivity index (χ1n) is 10.3. The number of H-pyrrole nitrogens is 1. The molecule has 0 unspecified atom stereocenters. The predicted molar refractivity (Wildman–Crippen MR) is 115 cm³/mol. The number of nitrogen functional groups attached to an aromatic ring is 1. The fourth-order valence-electron chi connectivity index (χ4n) is 4.05. The lowest BCUT2D eigenvalue weighted by Gasteiger charge is -2.32. The van der Waals surface area contributed by atoms with Crippen molar-refractivity contribution in [3.05, 3.63) is 20.8 Å². The van der Waals surface area contributed by atoms with E-state index < -0.39 is 11.2 Å². The number of nitrogens with zero attached hydrogens (tertiary/aromatic N) is 2. The van der Waals surface area contributed by atoms with E-state index in [-0.39, 0.29) is 23.7 Å². The molecule has 3 rings (SSSR count). The van der Waals surface area contributed by atoms with Crippen LogP contribution in [0.15, 0.2) is 9.59 Å². The molecule has 1 saturated carbocycles. The van der Waals surface area contributed by atoms with Gasteiger partial charge in [0.25, 0.3) is 5.56 Å². The van der Waals surface area contributed by atoms with Gasteiger partial charge in [-0.25, -0.2) is 4.79 Å². The topological polar surface area (TPSA) is 105 Å². The summed E-state index contributed by atoms with van der Waals surface area (Å²) in [7, 11) is 0. The van der Waals surface area contributed by atoms with E-state index in [0.29, 0.717) is 18.2 Å². The Morgan fingerprint density at radius 1 is 1.32 bits per heavy atom. The molecule has 1 saturated heterocycles. The molecule has 0 radical (unpaired) electrons. The first kappa shape index (κ1) is 20.9. The minimum Gasteiger partial charge on any atom is -0.383 e. The maximum Gasteiger partial charge on any atom is 0.330 e. The van der Waals surface area contributed by atoms with Crippen LogP contribution in [0, 0.1) is 0 Å². The zero-order chi connectivity index (χ0) is 20.1. The summed E-state index contributed by atoms with van der Waals surface area (Å²) >= 11 is 5.68. The average Bonchev–Trinajstić information content (AvgIpc) is 3.36. The summed E-state index contributed by atoms with van der Waals surface area (Å²) in [4.78, 5) is 29.3. The summed E-state index contributed by atoms with van der Waals surface area (Å²) in [5.41, 5.74) is 5.67. The van der Waals surface area contributed by atoms with Crippen molar-refractivity contribution in [3.8, 4) is 0 Å². The van der Waals surface area contributed by atoms with Crippen molar-refractivity contribution >= 4 is 28.8 Å². The number of hydrogen-bond acceptors (Lipinski definition) is 5. The lowest BCUT2D eigenvalue weighted by molar-refractivity contribution is 0.114. The van der Waals surface area contributed by atoms with E-state index in [1.807, 2.05) is 11.8 Å². The van der Waals surface area contributed by atoms with E-state index in [2.05, 4.69) is 10.3 Å². The predicted octanol–water partition coefficient (Wildman–Crippen LogP) is 1.72. The van der Waals surface area contributed by atoms with Crippen molar-refractivity contribution in [3.63, 3.8) is 0 Å². The first-order chi connectivity index (χ1) is 13.5. The summed E-state index contributed by atoms with van der Waals surface area (Å²) in [5.74, 6) is 0.190. The second-order valence-electron chi connectivity index (χ2n) is 7.63. The van der Waals surface area contributed by atoms with Gasteiger partial charge >= 0.3 is 5.69 Å². The highest BCUT2D eigenvalue weighted by atomic mass is 32.1. The highest BCUT2D eigenvalue weighted by Crippen LogP contribution is 2.29. The monoisotopic (exact) mass is 409 g/mol. The first-order valence-corrected chi connectivity index (χ1v) is 10.7. The third-order valence-corrected chi connectivity index (χ3v) is 5.94. The van der Waals surface area contributed by atoms with Crippen molar-refractivity contribution in [2.24, 2.45) is 0 Å². The van der Waals surface area contributed by atoms with Crippen LogP contribution in [0.4, 0.5) is 11.5 Å². The molecule has 156 valence electrons. The molecule has 4 N–H and O–H groups in total. The summed E-state index contributed by atoms with van der Waals surface area (Å²) in [6, 6.07) is 0.102. The summed E-state index contributed by atoms with van der Waals surface area (Å²) in [6.07, 6.45) is 7.98. The fourth-order valence-corrected chi connectivity index (χ4v) is 4.38. The van der Waals surface area contributed by atoms with Gasteiger partial charge in [0, 0.05) is 25.7 Å². The Bertz CT molecular complexity index is 794. The molecule has 9 heteroatoms. The molecule has 2 heterocycles. The zero-order valence-electron chi connectivity index (χ0n) is 16.5. The number of unbranched alkanes of at least 4 members (excludes halogenated alkanes) is 1. The van der Waals surface area contributed by atoms with Gasteiger partial charge in [-0.15, -0.1) is 0 Å². The normalized spacial score (nSPS) is 19.8. The van der Waals surface area contributed by atoms with Gasteiger partial charge in [-0.05, 0) is 44.3 Å². The van der Waals surface area contributed by atoms with Crippen LogP contribution in [0.2, 0.25) is 0 Å².